The average Bonchev–Trinajstić information content (AvgIpc) is 2.40. The predicted molar refractivity (Wildman–Crippen MR) is 87.9 cm³/mol. The summed E-state index contributed by atoms with van der Waals surface area (Å²) in [7, 11) is -3.53. The minimum atomic E-state index is -3.53. The number of sulfonamides is 1. The third-order valence-corrected chi connectivity index (χ3v) is 5.63. The number of aromatic nitrogens is 1. The van der Waals surface area contributed by atoms with E-state index in [1.54, 1.807) is 12.3 Å². The van der Waals surface area contributed by atoms with Crippen LogP contribution in [0, 0.1) is 5.92 Å². The highest BCUT2D eigenvalue weighted by Gasteiger charge is 2.22. The molecule has 1 fully saturated rings. The van der Waals surface area contributed by atoms with Gasteiger partial charge in [-0.1, -0.05) is 26.2 Å². The lowest BCUT2D eigenvalue weighted by Crippen LogP contribution is -2.28. The predicted octanol–water partition coefficient (Wildman–Crippen LogP) is 3.13. The van der Waals surface area contributed by atoms with Crippen LogP contribution in [0.25, 0.3) is 0 Å². The second-order valence-corrected chi connectivity index (χ2v) is 8.06. The lowest BCUT2D eigenvalue weighted by molar-refractivity contribution is 0.297. The molecule has 0 radical (unpaired) electrons. The van der Waals surface area contributed by atoms with Crippen molar-refractivity contribution in [3.8, 4) is 0 Å². The molecular weight excluding hydrogens is 354 g/mol. The van der Waals surface area contributed by atoms with Crippen molar-refractivity contribution in [1.29, 1.82) is 0 Å². The number of anilines is 1. The number of nitrogens with one attached hydrogen (secondary N) is 2. The molecule has 0 amide bonds. The van der Waals surface area contributed by atoms with E-state index >= 15 is 0 Å². The van der Waals surface area contributed by atoms with Crippen LogP contribution in [-0.2, 0) is 10.0 Å². The molecule has 5 nitrogen and oxygen atoms in total. The standard InChI is InChI=1S/C14H22BrN3O2S/c1-2-7-16-14-13(9-12(15)10-17-14)21(19,20)18-8-6-11-4-3-5-11/h9-11,18H,2-8H2,1H3,(H,16,17). The Bertz CT molecular complexity index is 574. The fourth-order valence-electron chi connectivity index (χ4n) is 2.26. The first-order chi connectivity index (χ1) is 10.0. The first-order valence-electron chi connectivity index (χ1n) is 7.42. The van der Waals surface area contributed by atoms with Gasteiger partial charge in [-0.15, -0.1) is 0 Å². The molecule has 21 heavy (non-hydrogen) atoms. The number of halogens is 1. The van der Waals surface area contributed by atoms with E-state index in [9.17, 15) is 8.42 Å². The van der Waals surface area contributed by atoms with Crippen molar-refractivity contribution in [1.82, 2.24) is 9.71 Å². The Hall–Kier alpha value is -0.660. The molecule has 0 unspecified atom stereocenters. The molecule has 0 saturated heterocycles. The van der Waals surface area contributed by atoms with Gasteiger partial charge in [0.05, 0.1) is 0 Å². The zero-order valence-electron chi connectivity index (χ0n) is 12.2. The smallest absolute Gasteiger partial charge is 0.244 e. The topological polar surface area (TPSA) is 71.1 Å². The summed E-state index contributed by atoms with van der Waals surface area (Å²) in [5.74, 6) is 1.10. The van der Waals surface area contributed by atoms with E-state index in [1.165, 1.54) is 19.3 Å². The second-order valence-electron chi connectivity index (χ2n) is 5.41. The van der Waals surface area contributed by atoms with Crippen LogP contribution in [0.2, 0.25) is 0 Å². The zero-order valence-corrected chi connectivity index (χ0v) is 14.6. The summed E-state index contributed by atoms with van der Waals surface area (Å²) >= 11 is 3.29. The largest absolute Gasteiger partial charge is 0.369 e. The van der Waals surface area contributed by atoms with Crippen molar-refractivity contribution in [3.63, 3.8) is 0 Å². The number of pyridine rings is 1. The summed E-state index contributed by atoms with van der Waals surface area (Å²) in [5, 5.41) is 3.07. The van der Waals surface area contributed by atoms with E-state index in [-0.39, 0.29) is 4.90 Å². The van der Waals surface area contributed by atoms with Gasteiger partial charge in [-0.3, -0.25) is 0 Å². The Morgan fingerprint density at radius 2 is 2.14 bits per heavy atom. The molecule has 0 aromatic carbocycles. The number of rotatable bonds is 8. The summed E-state index contributed by atoms with van der Waals surface area (Å²) in [6, 6.07) is 1.59. The maximum Gasteiger partial charge on any atom is 0.244 e. The Morgan fingerprint density at radius 1 is 1.38 bits per heavy atom. The summed E-state index contributed by atoms with van der Waals surface area (Å²) in [6.07, 6.45) is 7.15. The molecule has 1 aliphatic carbocycles. The van der Waals surface area contributed by atoms with Crippen molar-refractivity contribution in [3.05, 3.63) is 16.7 Å². The maximum atomic E-state index is 12.4. The van der Waals surface area contributed by atoms with Gasteiger partial charge in [0.25, 0.3) is 0 Å². The molecule has 0 spiro atoms. The molecule has 7 heteroatoms. The third kappa shape index (κ3) is 4.66. The molecule has 1 saturated carbocycles. The molecule has 1 aromatic heterocycles. The zero-order chi connectivity index (χ0) is 15.3. The summed E-state index contributed by atoms with van der Waals surface area (Å²) in [4.78, 5) is 4.38. The molecule has 1 aliphatic rings. The van der Waals surface area contributed by atoms with Gasteiger partial charge in [0.1, 0.15) is 10.7 Å². The Balaban J connectivity index is 2.07. The number of hydrogen-bond acceptors (Lipinski definition) is 4. The number of hydrogen-bond donors (Lipinski definition) is 2. The van der Waals surface area contributed by atoms with Crippen LogP contribution in [0.15, 0.2) is 21.6 Å². The van der Waals surface area contributed by atoms with Gasteiger partial charge in [-0.25, -0.2) is 18.1 Å². The highest BCUT2D eigenvalue weighted by atomic mass is 79.9. The lowest BCUT2D eigenvalue weighted by atomic mass is 9.83. The van der Waals surface area contributed by atoms with E-state index in [0.29, 0.717) is 29.3 Å². The summed E-state index contributed by atoms with van der Waals surface area (Å²) in [6.45, 7) is 3.21. The maximum absolute atomic E-state index is 12.4. The highest BCUT2D eigenvalue weighted by molar-refractivity contribution is 9.10. The van der Waals surface area contributed by atoms with Crippen LogP contribution >= 0.6 is 15.9 Å². The van der Waals surface area contributed by atoms with E-state index in [4.69, 9.17) is 0 Å². The Morgan fingerprint density at radius 3 is 2.76 bits per heavy atom. The molecule has 0 aliphatic heterocycles. The number of nitrogens with zero attached hydrogens (tertiary/aromatic N) is 1. The van der Waals surface area contributed by atoms with E-state index in [0.717, 1.165) is 12.8 Å². The fraction of sp³-hybridized carbons (Fsp3) is 0.643. The minimum absolute atomic E-state index is 0.207. The van der Waals surface area contributed by atoms with Gasteiger partial charge >= 0.3 is 0 Å². The van der Waals surface area contributed by atoms with Crippen LogP contribution in [0.1, 0.15) is 39.0 Å². The monoisotopic (exact) mass is 375 g/mol. The normalized spacial score (nSPS) is 15.7. The molecule has 118 valence electrons. The van der Waals surface area contributed by atoms with Crippen LogP contribution < -0.4 is 10.0 Å². The first-order valence-corrected chi connectivity index (χ1v) is 9.69. The third-order valence-electron chi connectivity index (χ3n) is 3.72. The van der Waals surface area contributed by atoms with Crippen molar-refractivity contribution in [2.75, 3.05) is 18.4 Å². The summed E-state index contributed by atoms with van der Waals surface area (Å²) in [5.41, 5.74) is 0. The Kier molecular flexibility index (Phi) is 6.01. The highest BCUT2D eigenvalue weighted by Crippen LogP contribution is 2.29. The molecule has 0 bridgehead atoms. The van der Waals surface area contributed by atoms with Gasteiger partial charge in [0.15, 0.2) is 0 Å². The van der Waals surface area contributed by atoms with Gasteiger partial charge in [0.2, 0.25) is 10.0 Å². The first kappa shape index (κ1) is 16.7. The second kappa shape index (κ2) is 7.56. The molecule has 0 atom stereocenters. The minimum Gasteiger partial charge on any atom is -0.369 e. The van der Waals surface area contributed by atoms with Crippen LogP contribution in [0.3, 0.4) is 0 Å². The molecule has 2 rings (SSSR count). The molecule has 1 heterocycles. The van der Waals surface area contributed by atoms with Crippen molar-refractivity contribution in [2.24, 2.45) is 5.92 Å². The molecule has 1 aromatic rings. The van der Waals surface area contributed by atoms with E-state index in [1.807, 2.05) is 6.92 Å². The Labute approximate surface area is 135 Å². The van der Waals surface area contributed by atoms with Gasteiger partial charge in [0, 0.05) is 23.8 Å². The summed E-state index contributed by atoms with van der Waals surface area (Å²) < 4.78 is 28.2. The lowest BCUT2D eigenvalue weighted by Gasteiger charge is -2.25. The van der Waals surface area contributed by atoms with Crippen molar-refractivity contribution >= 4 is 31.8 Å². The van der Waals surface area contributed by atoms with Gasteiger partial charge in [-0.2, -0.15) is 0 Å². The van der Waals surface area contributed by atoms with Crippen LogP contribution in [-0.4, -0.2) is 26.5 Å². The van der Waals surface area contributed by atoms with E-state index < -0.39 is 10.0 Å². The average molecular weight is 376 g/mol. The van der Waals surface area contributed by atoms with E-state index in [2.05, 4.69) is 31.0 Å². The fourth-order valence-corrected chi connectivity index (χ4v) is 3.94. The van der Waals surface area contributed by atoms with Crippen LogP contribution in [0.4, 0.5) is 5.82 Å². The van der Waals surface area contributed by atoms with Crippen LogP contribution in [0.5, 0.6) is 0 Å². The SMILES string of the molecule is CCCNc1ncc(Br)cc1S(=O)(=O)NCCC1CCC1. The van der Waals surface area contributed by atoms with Crippen molar-refractivity contribution < 1.29 is 8.42 Å². The van der Waals surface area contributed by atoms with Gasteiger partial charge < -0.3 is 5.32 Å². The van der Waals surface area contributed by atoms with Crippen molar-refractivity contribution in [2.45, 2.75) is 43.9 Å². The molecule has 2 N–H and O–H groups in total. The van der Waals surface area contributed by atoms with Gasteiger partial charge in [-0.05, 0) is 40.8 Å². The quantitative estimate of drug-likeness (QED) is 0.731. The molecular formula is C14H22BrN3O2S.